The molecule has 21 heavy (non-hydrogen) atoms. The molecule has 2 fully saturated rings. The highest BCUT2D eigenvalue weighted by Crippen LogP contribution is 2.29. The van der Waals surface area contributed by atoms with E-state index in [2.05, 4.69) is 14.9 Å². The van der Waals surface area contributed by atoms with Crippen LogP contribution in [0.3, 0.4) is 0 Å². The van der Waals surface area contributed by atoms with E-state index in [-0.39, 0.29) is 17.7 Å². The molecule has 1 saturated carbocycles. The molecule has 1 saturated heterocycles. The van der Waals surface area contributed by atoms with Gasteiger partial charge in [-0.25, -0.2) is 0 Å². The highest BCUT2D eigenvalue weighted by Gasteiger charge is 2.30. The molecule has 1 aliphatic heterocycles. The van der Waals surface area contributed by atoms with E-state index in [4.69, 9.17) is 0 Å². The van der Waals surface area contributed by atoms with Gasteiger partial charge in [0.2, 0.25) is 5.91 Å². The Hall–Kier alpha value is -1.50. The number of carbonyl (C=O) groups excluding carboxylic acids is 2. The van der Waals surface area contributed by atoms with Gasteiger partial charge in [0.25, 0.3) is 5.91 Å². The lowest BCUT2D eigenvalue weighted by Gasteiger charge is -2.31. The second-order valence-corrected chi connectivity index (χ2v) is 6.70. The zero-order valence-corrected chi connectivity index (χ0v) is 13.0. The summed E-state index contributed by atoms with van der Waals surface area (Å²) in [6, 6.07) is 0. The summed E-state index contributed by atoms with van der Waals surface area (Å²) in [5.74, 6) is 1.01. The van der Waals surface area contributed by atoms with Crippen molar-refractivity contribution in [2.75, 3.05) is 19.6 Å². The van der Waals surface area contributed by atoms with Gasteiger partial charge in [-0.2, -0.15) is 0 Å². The number of rotatable bonds is 4. The van der Waals surface area contributed by atoms with Gasteiger partial charge in [0.05, 0.1) is 5.69 Å². The molecule has 1 aromatic rings. The minimum Gasteiger partial charge on any atom is -0.356 e. The minimum absolute atomic E-state index is 0.0444. The first kappa shape index (κ1) is 14.4. The average Bonchev–Trinajstić information content (AvgIpc) is 3.27. The molecule has 1 aromatic heterocycles. The van der Waals surface area contributed by atoms with Gasteiger partial charge in [-0.15, -0.1) is 5.10 Å². The van der Waals surface area contributed by atoms with Crippen LogP contribution in [0.2, 0.25) is 0 Å². The predicted octanol–water partition coefficient (Wildman–Crippen LogP) is 1.22. The van der Waals surface area contributed by atoms with Crippen molar-refractivity contribution in [1.29, 1.82) is 0 Å². The third kappa shape index (κ3) is 3.40. The van der Waals surface area contributed by atoms with Crippen LogP contribution in [0.5, 0.6) is 0 Å². The fourth-order valence-corrected chi connectivity index (χ4v) is 3.27. The zero-order chi connectivity index (χ0) is 14.8. The Morgan fingerprint density at radius 2 is 2.00 bits per heavy atom. The quantitative estimate of drug-likeness (QED) is 0.907. The first-order chi connectivity index (χ1) is 10.1. The van der Waals surface area contributed by atoms with Crippen molar-refractivity contribution < 1.29 is 9.59 Å². The predicted molar refractivity (Wildman–Crippen MR) is 79.0 cm³/mol. The molecule has 6 nitrogen and oxygen atoms in total. The summed E-state index contributed by atoms with van der Waals surface area (Å²) in [4.78, 5) is 26.5. The molecule has 2 amide bonds. The summed E-state index contributed by atoms with van der Waals surface area (Å²) in [7, 11) is 0. The van der Waals surface area contributed by atoms with Gasteiger partial charge < -0.3 is 10.2 Å². The fraction of sp³-hybridized carbons (Fsp3) is 0.714. The average molecular weight is 308 g/mol. The Kier molecular flexibility index (Phi) is 4.19. The molecule has 0 radical (unpaired) electrons. The van der Waals surface area contributed by atoms with Crippen LogP contribution in [-0.4, -0.2) is 45.9 Å². The molecule has 114 valence electrons. The van der Waals surface area contributed by atoms with Gasteiger partial charge in [0.15, 0.2) is 0 Å². The summed E-state index contributed by atoms with van der Waals surface area (Å²) >= 11 is 1.17. The lowest BCUT2D eigenvalue weighted by molar-refractivity contribution is -0.122. The molecule has 7 heteroatoms. The smallest absolute Gasteiger partial charge is 0.267 e. The van der Waals surface area contributed by atoms with Crippen molar-refractivity contribution in [2.45, 2.75) is 32.6 Å². The molecule has 2 heterocycles. The van der Waals surface area contributed by atoms with Gasteiger partial charge in [-0.3, -0.25) is 9.59 Å². The number of piperidine rings is 1. The second-order valence-electron chi connectivity index (χ2n) is 5.94. The first-order valence-corrected chi connectivity index (χ1v) is 8.28. The molecule has 0 spiro atoms. The van der Waals surface area contributed by atoms with Crippen molar-refractivity contribution in [3.05, 3.63) is 10.6 Å². The van der Waals surface area contributed by atoms with E-state index in [9.17, 15) is 9.59 Å². The monoisotopic (exact) mass is 308 g/mol. The molecule has 2 aliphatic rings. The van der Waals surface area contributed by atoms with Crippen LogP contribution in [0.1, 0.15) is 41.0 Å². The van der Waals surface area contributed by atoms with Crippen molar-refractivity contribution in [3.8, 4) is 0 Å². The zero-order valence-electron chi connectivity index (χ0n) is 12.2. The van der Waals surface area contributed by atoms with E-state index >= 15 is 0 Å². The van der Waals surface area contributed by atoms with Crippen LogP contribution < -0.4 is 5.32 Å². The maximum Gasteiger partial charge on any atom is 0.267 e. The van der Waals surface area contributed by atoms with Crippen LogP contribution in [0.4, 0.5) is 0 Å². The van der Waals surface area contributed by atoms with Crippen molar-refractivity contribution in [1.82, 2.24) is 19.8 Å². The topological polar surface area (TPSA) is 75.2 Å². The maximum absolute atomic E-state index is 12.3. The SMILES string of the molecule is Cc1nnsc1C(=O)N1CCC(CNC(=O)C2CC2)CC1. The molecule has 3 rings (SSSR count). The summed E-state index contributed by atoms with van der Waals surface area (Å²) < 4.78 is 3.82. The number of hydrogen-bond donors (Lipinski definition) is 1. The van der Waals surface area contributed by atoms with Gasteiger partial charge >= 0.3 is 0 Å². The van der Waals surface area contributed by atoms with E-state index in [1.807, 2.05) is 11.8 Å². The van der Waals surface area contributed by atoms with Gasteiger partial charge in [0.1, 0.15) is 4.88 Å². The number of aromatic nitrogens is 2. The Morgan fingerprint density at radius 3 is 2.57 bits per heavy atom. The number of nitrogens with one attached hydrogen (secondary N) is 1. The third-order valence-electron chi connectivity index (χ3n) is 4.26. The molecule has 0 aromatic carbocycles. The van der Waals surface area contributed by atoms with Gasteiger partial charge in [-0.05, 0) is 50.1 Å². The van der Waals surface area contributed by atoms with Gasteiger partial charge in [0, 0.05) is 25.6 Å². The van der Waals surface area contributed by atoms with Crippen molar-refractivity contribution >= 4 is 23.3 Å². The lowest BCUT2D eigenvalue weighted by atomic mass is 9.96. The molecular weight excluding hydrogens is 288 g/mol. The summed E-state index contributed by atoms with van der Waals surface area (Å²) in [5.41, 5.74) is 0.712. The maximum atomic E-state index is 12.3. The number of carbonyl (C=O) groups is 2. The Morgan fingerprint density at radius 1 is 1.29 bits per heavy atom. The Balaban J connectivity index is 1.45. The van der Waals surface area contributed by atoms with E-state index < -0.39 is 0 Å². The number of amides is 2. The van der Waals surface area contributed by atoms with E-state index in [1.54, 1.807) is 0 Å². The standard InChI is InChI=1S/C14H20N4O2S/c1-9-12(21-17-16-9)14(20)18-6-4-10(5-7-18)8-15-13(19)11-2-3-11/h10-11H,2-8H2,1H3,(H,15,19). The second kappa shape index (κ2) is 6.09. The van der Waals surface area contributed by atoms with Crippen LogP contribution in [0.15, 0.2) is 0 Å². The summed E-state index contributed by atoms with van der Waals surface area (Å²) in [6.07, 6.45) is 3.98. The molecule has 0 unspecified atom stereocenters. The number of hydrogen-bond acceptors (Lipinski definition) is 5. The number of aryl methyl sites for hydroxylation is 1. The van der Waals surface area contributed by atoms with Crippen LogP contribution in [0, 0.1) is 18.8 Å². The van der Waals surface area contributed by atoms with Crippen molar-refractivity contribution in [2.24, 2.45) is 11.8 Å². The molecule has 1 aliphatic carbocycles. The van der Waals surface area contributed by atoms with Crippen LogP contribution >= 0.6 is 11.5 Å². The Labute approximate surface area is 128 Å². The number of likely N-dealkylation sites (tertiary alicyclic amines) is 1. The highest BCUT2D eigenvalue weighted by atomic mass is 32.1. The molecular formula is C14H20N4O2S. The summed E-state index contributed by atoms with van der Waals surface area (Å²) in [5, 5.41) is 6.93. The van der Waals surface area contributed by atoms with E-state index in [0.29, 0.717) is 16.5 Å². The molecule has 1 N–H and O–H groups in total. The minimum atomic E-state index is 0.0444. The lowest BCUT2D eigenvalue weighted by Crippen LogP contribution is -2.41. The normalized spacial score (nSPS) is 19.6. The fourth-order valence-electron chi connectivity index (χ4n) is 2.65. The highest BCUT2D eigenvalue weighted by molar-refractivity contribution is 7.07. The van der Waals surface area contributed by atoms with Crippen molar-refractivity contribution in [3.63, 3.8) is 0 Å². The number of nitrogens with zero attached hydrogens (tertiary/aromatic N) is 3. The van der Waals surface area contributed by atoms with E-state index in [0.717, 1.165) is 45.3 Å². The van der Waals surface area contributed by atoms with Gasteiger partial charge in [-0.1, -0.05) is 4.49 Å². The largest absolute Gasteiger partial charge is 0.356 e. The summed E-state index contributed by atoms with van der Waals surface area (Å²) in [6.45, 7) is 4.07. The first-order valence-electron chi connectivity index (χ1n) is 7.51. The Bertz CT molecular complexity index is 533. The van der Waals surface area contributed by atoms with Crippen LogP contribution in [-0.2, 0) is 4.79 Å². The third-order valence-corrected chi connectivity index (χ3v) is 5.08. The molecule has 0 atom stereocenters. The molecule has 0 bridgehead atoms. The van der Waals surface area contributed by atoms with E-state index in [1.165, 1.54) is 11.5 Å². The van der Waals surface area contributed by atoms with Crippen LogP contribution in [0.25, 0.3) is 0 Å².